The van der Waals surface area contributed by atoms with Gasteiger partial charge >= 0.3 is 0 Å². The fraction of sp³-hybridized carbons (Fsp3) is 0.545. The molecule has 0 saturated carbocycles. The first-order chi connectivity index (χ1) is 7.20. The van der Waals surface area contributed by atoms with E-state index in [1.807, 2.05) is 0 Å². The maximum Gasteiger partial charge on any atom is 0.0813 e. The van der Waals surface area contributed by atoms with Crippen LogP contribution in [0.4, 0.5) is 5.69 Å². The van der Waals surface area contributed by atoms with Gasteiger partial charge in [0.15, 0.2) is 0 Å². The van der Waals surface area contributed by atoms with Gasteiger partial charge in [-0.25, -0.2) is 0 Å². The topological polar surface area (TPSA) is 71.2 Å². The van der Waals surface area contributed by atoms with Crippen LogP contribution in [0.2, 0.25) is 0 Å². The number of hydrogen-bond donors (Lipinski definition) is 3. The van der Waals surface area contributed by atoms with Gasteiger partial charge in [0.05, 0.1) is 5.60 Å². The normalized spacial score (nSPS) is 26.5. The lowest BCUT2D eigenvalue weighted by Crippen LogP contribution is -2.47. The van der Waals surface area contributed by atoms with E-state index < -0.39 is 5.60 Å². The second kappa shape index (κ2) is 4.16. The largest absolute Gasteiger partial charge is 0.398 e. The van der Waals surface area contributed by atoms with Crippen molar-refractivity contribution in [2.24, 2.45) is 0 Å². The number of nitrogens with zero attached hydrogens (tertiary/aromatic N) is 1. The van der Waals surface area contributed by atoms with Crippen LogP contribution in [0.25, 0.3) is 0 Å². The number of β-amino-alcohol motifs (C(OH)–C–C–N with tert-alkyl or cyclic N) is 1. The third kappa shape index (κ3) is 2.46. The lowest BCUT2D eigenvalue weighted by molar-refractivity contribution is 0.0170. The summed E-state index contributed by atoms with van der Waals surface area (Å²) in [5, 5.41) is 13.5. The standard InChI is InChI=1S/C11H17N3O/c12-10-2-5-13-7-9(10)6-11(15)3-1-4-14-8-11/h2,5,7,14-15H,1,3-4,6,8H2,(H2,12,13). The molecule has 1 unspecified atom stereocenters. The maximum atomic E-state index is 10.3. The van der Waals surface area contributed by atoms with Crippen LogP contribution in [0.15, 0.2) is 18.5 Å². The number of pyridine rings is 1. The highest BCUT2D eigenvalue weighted by molar-refractivity contribution is 5.45. The van der Waals surface area contributed by atoms with Crippen LogP contribution >= 0.6 is 0 Å². The molecule has 15 heavy (non-hydrogen) atoms. The molecule has 1 aromatic rings. The highest BCUT2D eigenvalue weighted by atomic mass is 16.3. The number of hydrogen-bond acceptors (Lipinski definition) is 4. The van der Waals surface area contributed by atoms with Gasteiger partial charge in [0.2, 0.25) is 0 Å². The summed E-state index contributed by atoms with van der Waals surface area (Å²) in [5.74, 6) is 0. The maximum absolute atomic E-state index is 10.3. The molecule has 0 bridgehead atoms. The van der Waals surface area contributed by atoms with Crippen molar-refractivity contribution in [3.05, 3.63) is 24.0 Å². The van der Waals surface area contributed by atoms with Crippen molar-refractivity contribution in [2.75, 3.05) is 18.8 Å². The Morgan fingerprint density at radius 2 is 2.47 bits per heavy atom. The van der Waals surface area contributed by atoms with Crippen LogP contribution in [0, 0.1) is 0 Å². The first-order valence-electron chi connectivity index (χ1n) is 5.31. The van der Waals surface area contributed by atoms with Gasteiger partial charge in [-0.15, -0.1) is 0 Å². The van der Waals surface area contributed by atoms with Gasteiger partial charge in [0.25, 0.3) is 0 Å². The molecule has 0 aromatic carbocycles. The first-order valence-corrected chi connectivity index (χ1v) is 5.31. The van der Waals surface area contributed by atoms with Gasteiger partial charge in [0, 0.05) is 31.0 Å². The summed E-state index contributed by atoms with van der Waals surface area (Å²) in [5.41, 5.74) is 6.81. The number of aliphatic hydroxyl groups is 1. The molecule has 0 amide bonds. The molecule has 1 saturated heterocycles. The molecule has 1 aromatic heterocycles. The Bertz CT molecular complexity index is 334. The molecule has 4 N–H and O–H groups in total. The first kappa shape index (κ1) is 10.4. The minimum atomic E-state index is -0.657. The molecule has 0 spiro atoms. The predicted octanol–water partition coefficient (Wildman–Crippen LogP) is 0.321. The van der Waals surface area contributed by atoms with E-state index >= 15 is 0 Å². The fourth-order valence-electron chi connectivity index (χ4n) is 2.04. The van der Waals surface area contributed by atoms with Gasteiger partial charge in [0.1, 0.15) is 0 Å². The number of anilines is 1. The third-order valence-corrected chi connectivity index (χ3v) is 2.91. The summed E-state index contributed by atoms with van der Waals surface area (Å²) < 4.78 is 0. The number of nitrogen functional groups attached to an aromatic ring is 1. The summed E-state index contributed by atoms with van der Waals surface area (Å²) >= 11 is 0. The highest BCUT2D eigenvalue weighted by Gasteiger charge is 2.29. The molecule has 82 valence electrons. The summed E-state index contributed by atoms with van der Waals surface area (Å²) in [6.07, 6.45) is 5.83. The van der Waals surface area contributed by atoms with Gasteiger partial charge < -0.3 is 16.2 Å². The van der Waals surface area contributed by atoms with Crippen LogP contribution in [-0.4, -0.2) is 28.8 Å². The smallest absolute Gasteiger partial charge is 0.0813 e. The van der Waals surface area contributed by atoms with Crippen molar-refractivity contribution in [1.82, 2.24) is 10.3 Å². The quantitative estimate of drug-likeness (QED) is 0.653. The van der Waals surface area contributed by atoms with E-state index in [1.54, 1.807) is 18.5 Å². The van der Waals surface area contributed by atoms with E-state index in [2.05, 4.69) is 10.3 Å². The highest BCUT2D eigenvalue weighted by Crippen LogP contribution is 2.23. The fourth-order valence-corrected chi connectivity index (χ4v) is 2.04. The molecule has 1 fully saturated rings. The van der Waals surface area contributed by atoms with E-state index in [-0.39, 0.29) is 0 Å². The van der Waals surface area contributed by atoms with Gasteiger partial charge in [-0.05, 0) is 31.0 Å². The predicted molar refractivity (Wildman–Crippen MR) is 59.4 cm³/mol. The van der Waals surface area contributed by atoms with Crippen molar-refractivity contribution in [3.8, 4) is 0 Å². The molecule has 0 aliphatic carbocycles. The third-order valence-electron chi connectivity index (χ3n) is 2.91. The summed E-state index contributed by atoms with van der Waals surface area (Å²) in [7, 11) is 0. The summed E-state index contributed by atoms with van der Waals surface area (Å²) in [6, 6.07) is 1.77. The zero-order chi connectivity index (χ0) is 10.7. The minimum absolute atomic E-state index is 0.583. The number of piperidine rings is 1. The zero-order valence-corrected chi connectivity index (χ0v) is 8.74. The average molecular weight is 207 g/mol. The Balaban J connectivity index is 2.10. The second-order valence-electron chi connectivity index (χ2n) is 4.26. The Hall–Kier alpha value is -1.13. The average Bonchev–Trinajstić information content (AvgIpc) is 2.22. The molecule has 4 heteroatoms. The minimum Gasteiger partial charge on any atom is -0.398 e. The number of nitrogens with two attached hydrogens (primary N) is 1. The lowest BCUT2D eigenvalue weighted by Gasteiger charge is -2.32. The monoisotopic (exact) mass is 207 g/mol. The van der Waals surface area contributed by atoms with Crippen molar-refractivity contribution < 1.29 is 5.11 Å². The van der Waals surface area contributed by atoms with Gasteiger partial charge in [-0.1, -0.05) is 0 Å². The molecular formula is C11H17N3O. The van der Waals surface area contributed by atoms with E-state index in [0.29, 0.717) is 18.7 Å². The Morgan fingerprint density at radius 1 is 1.60 bits per heavy atom. The van der Waals surface area contributed by atoms with E-state index in [9.17, 15) is 5.11 Å². The Morgan fingerprint density at radius 3 is 3.13 bits per heavy atom. The number of nitrogens with one attached hydrogen (secondary N) is 1. The van der Waals surface area contributed by atoms with Crippen LogP contribution in [0.3, 0.4) is 0 Å². The number of rotatable bonds is 2. The second-order valence-corrected chi connectivity index (χ2v) is 4.26. The number of aromatic nitrogens is 1. The van der Waals surface area contributed by atoms with Crippen LogP contribution in [-0.2, 0) is 6.42 Å². The molecule has 1 atom stereocenters. The molecule has 1 aliphatic rings. The van der Waals surface area contributed by atoms with Gasteiger partial charge in [-0.2, -0.15) is 0 Å². The van der Waals surface area contributed by atoms with Gasteiger partial charge in [-0.3, -0.25) is 4.98 Å². The Kier molecular flexibility index (Phi) is 2.88. The lowest BCUT2D eigenvalue weighted by atomic mass is 9.87. The molecule has 4 nitrogen and oxygen atoms in total. The van der Waals surface area contributed by atoms with E-state index in [1.165, 1.54) is 0 Å². The van der Waals surface area contributed by atoms with Crippen molar-refractivity contribution in [1.29, 1.82) is 0 Å². The van der Waals surface area contributed by atoms with Crippen LogP contribution in [0.1, 0.15) is 18.4 Å². The van der Waals surface area contributed by atoms with E-state index in [4.69, 9.17) is 5.73 Å². The molecule has 2 heterocycles. The van der Waals surface area contributed by atoms with Crippen LogP contribution in [0.5, 0.6) is 0 Å². The molecule has 1 aliphatic heterocycles. The molecule has 0 radical (unpaired) electrons. The van der Waals surface area contributed by atoms with Crippen molar-refractivity contribution in [3.63, 3.8) is 0 Å². The summed E-state index contributed by atoms with van der Waals surface area (Å²) in [6.45, 7) is 1.63. The molecule has 2 rings (SSSR count). The zero-order valence-electron chi connectivity index (χ0n) is 8.74. The Labute approximate surface area is 89.5 Å². The summed E-state index contributed by atoms with van der Waals surface area (Å²) in [4.78, 5) is 4.03. The molecular weight excluding hydrogens is 190 g/mol. The van der Waals surface area contributed by atoms with Crippen LogP contribution < -0.4 is 11.1 Å². The van der Waals surface area contributed by atoms with E-state index in [0.717, 1.165) is 24.9 Å². The van der Waals surface area contributed by atoms with Crippen molar-refractivity contribution in [2.45, 2.75) is 24.9 Å². The SMILES string of the molecule is Nc1ccncc1CC1(O)CCCNC1. The van der Waals surface area contributed by atoms with Crippen molar-refractivity contribution >= 4 is 5.69 Å².